The molecule has 0 aliphatic carbocycles. The Bertz CT molecular complexity index is 712. The molecule has 1 saturated heterocycles. The second-order valence-corrected chi connectivity index (χ2v) is 4.80. The zero-order chi connectivity index (χ0) is 15.8. The first-order chi connectivity index (χ1) is 9.85. The Morgan fingerprint density at radius 2 is 2.19 bits per heavy atom. The largest absolute Gasteiger partial charge is 0.394 e. The maximum atomic E-state index is 12.0. The summed E-state index contributed by atoms with van der Waals surface area (Å²) in [4.78, 5) is 25.3. The zero-order valence-electron chi connectivity index (χ0n) is 11.5. The molecule has 2 heterocycles. The molecule has 8 nitrogen and oxygen atoms in total. The van der Waals surface area contributed by atoms with Crippen molar-refractivity contribution in [1.29, 1.82) is 0 Å². The molecule has 1 aliphatic rings. The van der Waals surface area contributed by atoms with Crippen LogP contribution in [0.4, 0.5) is 0 Å². The number of ether oxygens (including phenoxy) is 1. The van der Waals surface area contributed by atoms with Crippen LogP contribution in [0.3, 0.4) is 0 Å². The molecule has 0 aromatic carbocycles. The summed E-state index contributed by atoms with van der Waals surface area (Å²) < 4.78 is 6.36. The molecule has 0 spiro atoms. The van der Waals surface area contributed by atoms with E-state index in [0.717, 1.165) is 10.6 Å². The second-order valence-electron chi connectivity index (χ2n) is 4.80. The van der Waals surface area contributed by atoms with E-state index in [1.165, 1.54) is 13.8 Å². The van der Waals surface area contributed by atoms with Crippen LogP contribution >= 0.6 is 0 Å². The Morgan fingerprint density at radius 1 is 1.52 bits per heavy atom. The maximum absolute atomic E-state index is 12.0. The van der Waals surface area contributed by atoms with E-state index in [2.05, 4.69) is 16.8 Å². The van der Waals surface area contributed by atoms with Gasteiger partial charge in [-0.1, -0.05) is 5.92 Å². The van der Waals surface area contributed by atoms with Gasteiger partial charge in [-0.3, -0.25) is 14.3 Å². The Morgan fingerprint density at radius 3 is 2.71 bits per heavy atom. The fourth-order valence-electron chi connectivity index (χ4n) is 2.42. The molecule has 0 saturated carbocycles. The predicted molar refractivity (Wildman–Crippen MR) is 71.5 cm³/mol. The summed E-state index contributed by atoms with van der Waals surface area (Å²) in [6, 6.07) is 1.16. The van der Waals surface area contributed by atoms with Crippen LogP contribution in [-0.4, -0.2) is 49.3 Å². The van der Waals surface area contributed by atoms with Gasteiger partial charge in [-0.05, 0) is 13.8 Å². The lowest BCUT2D eigenvalue weighted by Crippen LogP contribution is -2.48. The summed E-state index contributed by atoms with van der Waals surface area (Å²) in [5, 5.41) is 29.9. The average Bonchev–Trinajstić information content (AvgIpc) is 2.63. The van der Waals surface area contributed by atoms with Crippen LogP contribution in [0.5, 0.6) is 0 Å². The fourth-order valence-corrected chi connectivity index (χ4v) is 2.42. The minimum Gasteiger partial charge on any atom is -0.394 e. The molecule has 1 fully saturated rings. The number of aryl methyl sites for hydroxylation is 1. The van der Waals surface area contributed by atoms with Gasteiger partial charge in [0.05, 0.1) is 6.61 Å². The fraction of sp³-hybridized carbons (Fsp3) is 0.538. The van der Waals surface area contributed by atoms with E-state index in [9.17, 15) is 24.9 Å². The van der Waals surface area contributed by atoms with Gasteiger partial charge in [0.1, 0.15) is 12.2 Å². The molecule has 8 heteroatoms. The molecule has 2 rings (SSSR count). The van der Waals surface area contributed by atoms with Gasteiger partial charge in [-0.25, -0.2) is 4.79 Å². The molecule has 0 bridgehead atoms. The number of aliphatic hydroxyl groups excluding tert-OH is 2. The van der Waals surface area contributed by atoms with Crippen molar-refractivity contribution < 1.29 is 20.1 Å². The normalized spacial score (nSPS) is 31.8. The van der Waals surface area contributed by atoms with Crippen LogP contribution in [-0.2, 0) is 4.74 Å². The Hall–Kier alpha value is -1.92. The first kappa shape index (κ1) is 15.5. The standard InChI is InChI=1S/C13H16N2O6/c1-3-4-13(20)10(18)8(6-16)21-11(13)15-7(2)5-9(17)14-12(15)19/h5,8,10-11,16,18,20H,6H2,1-2H3,(H,14,17,19)/t8-,10?,11-,13-/m1/s1. The highest BCUT2D eigenvalue weighted by Gasteiger charge is 2.56. The number of nitrogens with one attached hydrogen (secondary N) is 1. The quantitative estimate of drug-likeness (QED) is 0.461. The molecule has 0 radical (unpaired) electrons. The molecule has 1 aromatic rings. The summed E-state index contributed by atoms with van der Waals surface area (Å²) in [6.07, 6.45) is -3.95. The van der Waals surface area contributed by atoms with E-state index in [1.54, 1.807) is 0 Å². The van der Waals surface area contributed by atoms with E-state index in [0.29, 0.717) is 0 Å². The minimum atomic E-state index is -2.07. The lowest BCUT2D eigenvalue weighted by molar-refractivity contribution is -0.0775. The smallest absolute Gasteiger partial charge is 0.330 e. The minimum absolute atomic E-state index is 0.232. The zero-order valence-corrected chi connectivity index (χ0v) is 11.5. The Balaban J connectivity index is 2.64. The number of rotatable bonds is 2. The van der Waals surface area contributed by atoms with Gasteiger partial charge in [-0.2, -0.15) is 0 Å². The van der Waals surface area contributed by atoms with Gasteiger partial charge in [0.15, 0.2) is 11.8 Å². The van der Waals surface area contributed by atoms with E-state index < -0.39 is 41.9 Å². The molecule has 114 valence electrons. The van der Waals surface area contributed by atoms with Crippen molar-refractivity contribution in [2.75, 3.05) is 6.61 Å². The summed E-state index contributed by atoms with van der Waals surface area (Å²) in [6.45, 7) is 2.39. The molecule has 1 aliphatic heterocycles. The van der Waals surface area contributed by atoms with E-state index >= 15 is 0 Å². The molecular weight excluding hydrogens is 280 g/mol. The number of hydrogen-bond donors (Lipinski definition) is 4. The summed E-state index contributed by atoms with van der Waals surface area (Å²) in [5.41, 5.74) is -3.23. The average molecular weight is 296 g/mol. The number of H-pyrrole nitrogens is 1. The molecule has 21 heavy (non-hydrogen) atoms. The van der Waals surface area contributed by atoms with Crippen molar-refractivity contribution in [3.05, 3.63) is 32.6 Å². The Kier molecular flexibility index (Phi) is 4.02. The molecule has 4 atom stereocenters. The number of hydrogen-bond acceptors (Lipinski definition) is 6. The lowest BCUT2D eigenvalue weighted by Gasteiger charge is -2.27. The van der Waals surface area contributed by atoms with Crippen molar-refractivity contribution in [1.82, 2.24) is 9.55 Å². The number of aliphatic hydroxyl groups is 3. The first-order valence-corrected chi connectivity index (χ1v) is 6.28. The monoisotopic (exact) mass is 296 g/mol. The van der Waals surface area contributed by atoms with E-state index in [-0.39, 0.29) is 5.69 Å². The number of aromatic nitrogens is 2. The number of nitrogens with zero attached hydrogens (tertiary/aromatic N) is 1. The van der Waals surface area contributed by atoms with Crippen molar-refractivity contribution in [2.24, 2.45) is 0 Å². The molecular formula is C13H16N2O6. The molecule has 4 N–H and O–H groups in total. The van der Waals surface area contributed by atoms with Gasteiger partial charge >= 0.3 is 5.69 Å². The third-order valence-electron chi connectivity index (χ3n) is 3.39. The molecule has 0 amide bonds. The van der Waals surface area contributed by atoms with Crippen molar-refractivity contribution in [3.63, 3.8) is 0 Å². The van der Waals surface area contributed by atoms with Gasteiger partial charge in [0.25, 0.3) is 5.56 Å². The summed E-state index contributed by atoms with van der Waals surface area (Å²) >= 11 is 0. The number of aromatic amines is 1. The first-order valence-electron chi connectivity index (χ1n) is 6.28. The van der Waals surface area contributed by atoms with Gasteiger partial charge in [0, 0.05) is 11.8 Å². The van der Waals surface area contributed by atoms with Crippen LogP contribution in [0, 0.1) is 18.8 Å². The summed E-state index contributed by atoms with van der Waals surface area (Å²) in [7, 11) is 0. The third-order valence-corrected chi connectivity index (χ3v) is 3.39. The van der Waals surface area contributed by atoms with Gasteiger partial charge < -0.3 is 20.1 Å². The van der Waals surface area contributed by atoms with Crippen LogP contribution in [0.2, 0.25) is 0 Å². The molecule has 1 aromatic heterocycles. The predicted octanol–water partition coefficient (Wildman–Crippen LogP) is -2.15. The highest BCUT2D eigenvalue weighted by Crippen LogP contribution is 2.37. The van der Waals surface area contributed by atoms with Crippen molar-refractivity contribution in [3.8, 4) is 11.8 Å². The maximum Gasteiger partial charge on any atom is 0.330 e. The van der Waals surface area contributed by atoms with Gasteiger partial charge in [0.2, 0.25) is 0 Å². The lowest BCUT2D eigenvalue weighted by atomic mass is 9.94. The Labute approximate surface area is 119 Å². The van der Waals surface area contributed by atoms with E-state index in [1.807, 2.05) is 0 Å². The second kappa shape index (κ2) is 5.46. The highest BCUT2D eigenvalue weighted by molar-refractivity contribution is 5.23. The van der Waals surface area contributed by atoms with Crippen molar-refractivity contribution in [2.45, 2.75) is 37.9 Å². The summed E-state index contributed by atoms with van der Waals surface area (Å²) in [5.74, 6) is 4.89. The van der Waals surface area contributed by atoms with Gasteiger partial charge in [-0.15, -0.1) is 5.92 Å². The third kappa shape index (κ3) is 2.41. The molecule has 1 unspecified atom stereocenters. The SMILES string of the molecule is CC#C[C@@]1(O)C(O)[C@@H](CO)O[C@H]1n1c(C)cc(=O)[nH]c1=O. The topological polar surface area (TPSA) is 125 Å². The van der Waals surface area contributed by atoms with Crippen molar-refractivity contribution >= 4 is 0 Å². The van der Waals surface area contributed by atoms with Crippen LogP contribution in [0.15, 0.2) is 15.7 Å². The van der Waals surface area contributed by atoms with Crippen LogP contribution in [0.1, 0.15) is 18.8 Å². The van der Waals surface area contributed by atoms with Crippen LogP contribution in [0.25, 0.3) is 0 Å². The highest BCUT2D eigenvalue weighted by atomic mass is 16.6. The van der Waals surface area contributed by atoms with E-state index in [4.69, 9.17) is 4.74 Å². The van der Waals surface area contributed by atoms with Crippen LogP contribution < -0.4 is 11.2 Å².